The van der Waals surface area contributed by atoms with Gasteiger partial charge in [-0.2, -0.15) is 0 Å². The Morgan fingerprint density at radius 3 is 2.83 bits per heavy atom. The monoisotopic (exact) mass is 188 g/mol. The van der Waals surface area contributed by atoms with E-state index in [1.54, 1.807) is 25.7 Å². The fourth-order valence-corrected chi connectivity index (χ4v) is 1.29. The van der Waals surface area contributed by atoms with Gasteiger partial charge in [-0.1, -0.05) is 0 Å². The molecule has 0 aliphatic carbocycles. The van der Waals surface area contributed by atoms with Crippen molar-refractivity contribution in [3.05, 3.63) is 24.2 Å². The third kappa shape index (κ3) is 3.74. The van der Waals surface area contributed by atoms with Crippen LogP contribution in [0.15, 0.2) is 22.8 Å². The van der Waals surface area contributed by atoms with Crippen LogP contribution in [0.25, 0.3) is 0 Å². The number of ether oxygens (including phenoxy) is 1. The van der Waals surface area contributed by atoms with Gasteiger partial charge in [-0.25, -0.2) is 0 Å². The predicted octanol–water partition coefficient (Wildman–Crippen LogP) is 2.38. The van der Waals surface area contributed by atoms with Gasteiger partial charge in [0.05, 0.1) is 12.6 Å². The molecule has 12 heavy (non-hydrogen) atoms. The van der Waals surface area contributed by atoms with E-state index in [9.17, 15) is 4.57 Å². The highest BCUT2D eigenvalue weighted by Gasteiger charge is 2.06. The van der Waals surface area contributed by atoms with E-state index in [1.807, 2.05) is 6.07 Å². The van der Waals surface area contributed by atoms with Gasteiger partial charge in [0, 0.05) is 0 Å². The summed E-state index contributed by atoms with van der Waals surface area (Å²) in [5.41, 5.74) is 0. The first-order valence-electron chi connectivity index (χ1n) is 3.72. The van der Waals surface area contributed by atoms with E-state index in [1.165, 1.54) is 0 Å². The van der Waals surface area contributed by atoms with Crippen LogP contribution in [0.3, 0.4) is 0 Å². The second-order valence-corrected chi connectivity index (χ2v) is 6.54. The molecular weight excluding hydrogens is 175 g/mol. The van der Waals surface area contributed by atoms with Gasteiger partial charge < -0.3 is 13.7 Å². The molecule has 0 bridgehead atoms. The summed E-state index contributed by atoms with van der Waals surface area (Å²) in [6.07, 6.45) is 1.91. The number of hydrogen-bond donors (Lipinski definition) is 0. The maximum absolute atomic E-state index is 11.2. The lowest BCUT2D eigenvalue weighted by atomic mass is 10.5. The van der Waals surface area contributed by atoms with Crippen LogP contribution in [-0.4, -0.2) is 19.7 Å². The Kier molecular flexibility index (Phi) is 3.12. The maximum atomic E-state index is 11.2. The van der Waals surface area contributed by atoms with Gasteiger partial charge >= 0.3 is 0 Å². The third-order valence-corrected chi connectivity index (χ3v) is 2.03. The Bertz CT molecular complexity index is 260. The van der Waals surface area contributed by atoms with Crippen molar-refractivity contribution in [3.8, 4) is 0 Å². The molecule has 4 heteroatoms. The number of hydrogen-bond acceptors (Lipinski definition) is 3. The Hall–Kier alpha value is -0.530. The molecule has 1 aromatic heterocycles. The molecule has 0 spiro atoms. The van der Waals surface area contributed by atoms with E-state index in [4.69, 9.17) is 9.15 Å². The van der Waals surface area contributed by atoms with Crippen LogP contribution in [-0.2, 0) is 15.9 Å². The minimum absolute atomic E-state index is 0.313. The van der Waals surface area contributed by atoms with Crippen molar-refractivity contribution < 1.29 is 13.7 Å². The smallest absolute Gasteiger partial charge is 0.129 e. The molecule has 0 fully saturated rings. The molecule has 0 unspecified atom stereocenters. The fraction of sp³-hybridized carbons (Fsp3) is 0.500. The molecule has 0 aromatic carbocycles. The molecule has 0 amide bonds. The van der Waals surface area contributed by atoms with Crippen LogP contribution < -0.4 is 0 Å². The topological polar surface area (TPSA) is 39.4 Å². The Morgan fingerprint density at radius 2 is 2.33 bits per heavy atom. The summed E-state index contributed by atoms with van der Waals surface area (Å²) >= 11 is 0. The Morgan fingerprint density at radius 1 is 1.58 bits per heavy atom. The number of furan rings is 1. The summed E-state index contributed by atoms with van der Waals surface area (Å²) in [5, 5.41) is 0. The van der Waals surface area contributed by atoms with Crippen molar-refractivity contribution in [2.45, 2.75) is 6.61 Å². The van der Waals surface area contributed by atoms with E-state index < -0.39 is 7.14 Å². The highest BCUT2D eigenvalue weighted by molar-refractivity contribution is 7.62. The Balaban J connectivity index is 2.24. The van der Waals surface area contributed by atoms with Gasteiger partial charge in [-0.05, 0) is 25.5 Å². The molecule has 0 aliphatic heterocycles. The van der Waals surface area contributed by atoms with Gasteiger partial charge in [-0.3, -0.25) is 0 Å². The third-order valence-electron chi connectivity index (χ3n) is 1.23. The standard InChI is InChI=1S/C8H13O3P/c1-12(2,9)7-10-6-8-4-3-5-11-8/h3-5H,6-7H2,1-2H3. The molecule has 0 atom stereocenters. The molecule has 1 rings (SSSR count). The first kappa shape index (κ1) is 9.56. The maximum Gasteiger partial charge on any atom is 0.129 e. The average molecular weight is 188 g/mol. The minimum atomic E-state index is -2.05. The summed E-state index contributed by atoms with van der Waals surface area (Å²) in [6.45, 7) is 3.81. The van der Waals surface area contributed by atoms with E-state index >= 15 is 0 Å². The normalized spacial score (nSPS) is 11.8. The SMILES string of the molecule is CP(C)(=O)COCc1ccco1. The van der Waals surface area contributed by atoms with E-state index in [0.717, 1.165) is 5.76 Å². The molecule has 0 saturated carbocycles. The van der Waals surface area contributed by atoms with Crippen molar-refractivity contribution in [1.82, 2.24) is 0 Å². The second kappa shape index (κ2) is 3.92. The summed E-state index contributed by atoms with van der Waals surface area (Å²) in [4.78, 5) is 0. The molecule has 1 aromatic rings. The van der Waals surface area contributed by atoms with Gasteiger partial charge in [0.2, 0.25) is 0 Å². The molecule has 3 nitrogen and oxygen atoms in total. The lowest BCUT2D eigenvalue weighted by molar-refractivity contribution is 0.144. The lowest BCUT2D eigenvalue weighted by Crippen LogP contribution is -1.94. The van der Waals surface area contributed by atoms with Crippen LogP contribution in [0, 0.1) is 0 Å². The van der Waals surface area contributed by atoms with Crippen molar-refractivity contribution in [2.24, 2.45) is 0 Å². The summed E-state index contributed by atoms with van der Waals surface area (Å²) in [6, 6.07) is 3.63. The molecule has 1 heterocycles. The molecule has 0 N–H and O–H groups in total. The molecule has 68 valence electrons. The second-order valence-electron chi connectivity index (χ2n) is 3.13. The quantitative estimate of drug-likeness (QED) is 0.681. The van der Waals surface area contributed by atoms with Crippen LogP contribution >= 0.6 is 7.14 Å². The van der Waals surface area contributed by atoms with Crippen molar-refractivity contribution in [1.29, 1.82) is 0 Å². The summed E-state index contributed by atoms with van der Waals surface area (Å²) < 4.78 is 21.4. The van der Waals surface area contributed by atoms with Gasteiger partial charge in [0.25, 0.3) is 0 Å². The predicted molar refractivity (Wildman–Crippen MR) is 47.8 cm³/mol. The van der Waals surface area contributed by atoms with Gasteiger partial charge in [0.15, 0.2) is 0 Å². The van der Waals surface area contributed by atoms with Gasteiger partial charge in [0.1, 0.15) is 19.5 Å². The highest BCUT2D eigenvalue weighted by Crippen LogP contribution is 2.35. The average Bonchev–Trinajstić information content (AvgIpc) is 2.36. The van der Waals surface area contributed by atoms with Crippen molar-refractivity contribution in [2.75, 3.05) is 19.7 Å². The van der Waals surface area contributed by atoms with E-state index in [-0.39, 0.29) is 0 Å². The van der Waals surface area contributed by atoms with Crippen molar-refractivity contribution in [3.63, 3.8) is 0 Å². The number of rotatable bonds is 4. The first-order chi connectivity index (χ1) is 5.58. The van der Waals surface area contributed by atoms with E-state index in [0.29, 0.717) is 13.0 Å². The zero-order valence-electron chi connectivity index (χ0n) is 7.32. The summed E-state index contributed by atoms with van der Waals surface area (Å²) in [5.74, 6) is 0.767. The highest BCUT2D eigenvalue weighted by atomic mass is 31.2. The zero-order chi connectivity index (χ0) is 9.03. The largest absolute Gasteiger partial charge is 0.467 e. The van der Waals surface area contributed by atoms with Crippen LogP contribution in [0.2, 0.25) is 0 Å². The van der Waals surface area contributed by atoms with Gasteiger partial charge in [-0.15, -0.1) is 0 Å². The molecule has 0 radical (unpaired) electrons. The summed E-state index contributed by atoms with van der Waals surface area (Å²) in [7, 11) is -2.05. The Labute approximate surface area is 72.1 Å². The van der Waals surface area contributed by atoms with Crippen LogP contribution in [0.5, 0.6) is 0 Å². The first-order valence-corrected chi connectivity index (χ1v) is 6.51. The van der Waals surface area contributed by atoms with Crippen molar-refractivity contribution >= 4 is 7.14 Å². The zero-order valence-corrected chi connectivity index (χ0v) is 8.21. The van der Waals surface area contributed by atoms with Crippen LogP contribution in [0.1, 0.15) is 5.76 Å². The van der Waals surface area contributed by atoms with E-state index in [2.05, 4.69) is 0 Å². The fourth-order valence-electron chi connectivity index (χ4n) is 0.761. The minimum Gasteiger partial charge on any atom is -0.467 e. The molecular formula is C8H13O3P. The van der Waals surface area contributed by atoms with Crippen LogP contribution in [0.4, 0.5) is 0 Å². The molecule has 0 aliphatic rings. The molecule has 0 saturated heterocycles. The lowest BCUT2D eigenvalue weighted by Gasteiger charge is -2.05.